The van der Waals surface area contributed by atoms with Crippen molar-refractivity contribution in [2.45, 2.75) is 4.90 Å². The summed E-state index contributed by atoms with van der Waals surface area (Å²) in [5, 5.41) is 0.684. The van der Waals surface area contributed by atoms with Crippen molar-refractivity contribution in [2.24, 2.45) is 0 Å². The first-order valence-electron chi connectivity index (χ1n) is 8.18. The maximum Gasteiger partial charge on any atom is 0.243 e. The van der Waals surface area contributed by atoms with Crippen LogP contribution in [0.2, 0.25) is 5.02 Å². The second-order valence-corrected chi connectivity index (χ2v) is 8.26. The third-order valence-electron chi connectivity index (χ3n) is 4.42. The highest BCUT2D eigenvalue weighted by Gasteiger charge is 2.29. The number of anilines is 1. The van der Waals surface area contributed by atoms with E-state index >= 15 is 0 Å². The molecule has 1 fully saturated rings. The van der Waals surface area contributed by atoms with Gasteiger partial charge in [-0.1, -0.05) is 11.6 Å². The summed E-state index contributed by atoms with van der Waals surface area (Å²) in [4.78, 5) is 2.35. The first-order chi connectivity index (χ1) is 12.5. The summed E-state index contributed by atoms with van der Waals surface area (Å²) in [6.07, 6.45) is 0. The van der Waals surface area contributed by atoms with Gasteiger partial charge in [0.15, 0.2) is 11.5 Å². The molecule has 0 aromatic heterocycles. The Hall–Kier alpha value is -1.96. The fourth-order valence-electron chi connectivity index (χ4n) is 2.96. The minimum atomic E-state index is -3.58. The van der Waals surface area contributed by atoms with Crippen molar-refractivity contribution in [1.29, 1.82) is 0 Å². The molecule has 0 bridgehead atoms. The van der Waals surface area contributed by atoms with Crippen LogP contribution in [-0.4, -0.2) is 53.1 Å². The van der Waals surface area contributed by atoms with Gasteiger partial charge in [0.1, 0.15) is 0 Å². The van der Waals surface area contributed by atoms with Gasteiger partial charge in [-0.15, -0.1) is 0 Å². The van der Waals surface area contributed by atoms with Crippen LogP contribution in [0.5, 0.6) is 11.5 Å². The molecule has 0 amide bonds. The van der Waals surface area contributed by atoms with E-state index in [9.17, 15) is 8.42 Å². The van der Waals surface area contributed by atoms with Gasteiger partial charge in [-0.25, -0.2) is 8.42 Å². The van der Waals surface area contributed by atoms with Gasteiger partial charge in [0.25, 0.3) is 0 Å². The fourth-order valence-corrected chi connectivity index (χ4v) is 4.53. The molecule has 6 nitrogen and oxygen atoms in total. The van der Waals surface area contributed by atoms with Crippen LogP contribution in [0, 0.1) is 0 Å². The maximum absolute atomic E-state index is 12.9. The smallest absolute Gasteiger partial charge is 0.243 e. The van der Waals surface area contributed by atoms with E-state index in [0.29, 0.717) is 42.7 Å². The highest BCUT2D eigenvalue weighted by molar-refractivity contribution is 7.89. The average molecular weight is 397 g/mol. The van der Waals surface area contributed by atoms with Crippen molar-refractivity contribution >= 4 is 27.3 Å². The standard InChI is InChI=1S/C18H21ClN2O4S/c1-24-17-8-7-16(13-18(17)25-2)26(22,23)21-11-9-20(10-12-21)15-5-3-14(19)4-6-15/h3-8,13H,9-12H2,1-2H3. The van der Waals surface area contributed by atoms with Crippen LogP contribution in [-0.2, 0) is 10.0 Å². The van der Waals surface area contributed by atoms with Gasteiger partial charge in [-0.2, -0.15) is 4.31 Å². The molecule has 0 unspecified atom stereocenters. The molecular weight excluding hydrogens is 376 g/mol. The van der Waals surface area contributed by atoms with E-state index in [1.54, 1.807) is 12.1 Å². The quantitative estimate of drug-likeness (QED) is 0.777. The predicted molar refractivity (Wildman–Crippen MR) is 102 cm³/mol. The van der Waals surface area contributed by atoms with E-state index in [1.165, 1.54) is 24.6 Å². The van der Waals surface area contributed by atoms with E-state index in [4.69, 9.17) is 21.1 Å². The largest absolute Gasteiger partial charge is 0.493 e. The number of ether oxygens (including phenoxy) is 2. The number of benzene rings is 2. The Labute approximate surface area is 158 Å². The number of methoxy groups -OCH3 is 2. The van der Waals surface area contributed by atoms with E-state index in [1.807, 2.05) is 24.3 Å². The zero-order valence-corrected chi connectivity index (χ0v) is 16.3. The summed E-state index contributed by atoms with van der Waals surface area (Å²) in [6.45, 7) is 2.07. The van der Waals surface area contributed by atoms with Crippen molar-refractivity contribution in [3.63, 3.8) is 0 Å². The SMILES string of the molecule is COc1ccc(S(=O)(=O)N2CCN(c3ccc(Cl)cc3)CC2)cc1OC. The summed E-state index contributed by atoms with van der Waals surface area (Å²) in [7, 11) is -0.581. The zero-order valence-electron chi connectivity index (χ0n) is 14.7. The molecule has 0 radical (unpaired) electrons. The van der Waals surface area contributed by atoms with E-state index < -0.39 is 10.0 Å². The maximum atomic E-state index is 12.9. The summed E-state index contributed by atoms with van der Waals surface area (Å²) >= 11 is 5.92. The van der Waals surface area contributed by atoms with E-state index in [0.717, 1.165) is 5.69 Å². The lowest BCUT2D eigenvalue weighted by molar-refractivity contribution is 0.353. The molecule has 1 aliphatic heterocycles. The number of halogens is 1. The minimum Gasteiger partial charge on any atom is -0.493 e. The molecular formula is C18H21ClN2O4S. The molecule has 0 atom stereocenters. The van der Waals surface area contributed by atoms with Crippen LogP contribution in [0.3, 0.4) is 0 Å². The van der Waals surface area contributed by atoms with Crippen molar-refractivity contribution in [1.82, 2.24) is 4.31 Å². The zero-order chi connectivity index (χ0) is 18.7. The molecule has 8 heteroatoms. The molecule has 0 N–H and O–H groups in total. The molecule has 2 aromatic carbocycles. The molecule has 0 saturated carbocycles. The van der Waals surface area contributed by atoms with Gasteiger partial charge in [0.05, 0.1) is 19.1 Å². The van der Waals surface area contributed by atoms with Gasteiger partial charge in [-0.05, 0) is 36.4 Å². The number of piperazine rings is 1. The predicted octanol–water partition coefficient (Wildman–Crippen LogP) is 2.87. The average Bonchev–Trinajstić information content (AvgIpc) is 2.68. The van der Waals surface area contributed by atoms with Gasteiger partial charge in [0.2, 0.25) is 10.0 Å². The highest BCUT2D eigenvalue weighted by Crippen LogP contribution is 2.31. The molecule has 3 rings (SSSR count). The Morgan fingerprint density at radius 1 is 0.885 bits per heavy atom. The van der Waals surface area contributed by atoms with Crippen molar-refractivity contribution in [2.75, 3.05) is 45.3 Å². The molecule has 0 aliphatic carbocycles. The first-order valence-corrected chi connectivity index (χ1v) is 10.00. The normalized spacial score (nSPS) is 15.7. The minimum absolute atomic E-state index is 0.204. The monoisotopic (exact) mass is 396 g/mol. The summed E-state index contributed by atoms with van der Waals surface area (Å²) in [5.74, 6) is 0.896. The van der Waals surface area contributed by atoms with Crippen LogP contribution in [0.25, 0.3) is 0 Å². The van der Waals surface area contributed by atoms with Crippen LogP contribution in [0.4, 0.5) is 5.69 Å². The van der Waals surface area contributed by atoms with Gasteiger partial charge in [0, 0.05) is 43.0 Å². The van der Waals surface area contributed by atoms with Crippen LogP contribution in [0.15, 0.2) is 47.4 Å². The number of sulfonamides is 1. The number of rotatable bonds is 5. The molecule has 0 spiro atoms. The number of hydrogen-bond acceptors (Lipinski definition) is 5. The van der Waals surface area contributed by atoms with Crippen LogP contribution < -0.4 is 14.4 Å². The second-order valence-electron chi connectivity index (χ2n) is 5.88. The Morgan fingerprint density at radius 2 is 1.50 bits per heavy atom. The highest BCUT2D eigenvalue weighted by atomic mass is 35.5. The van der Waals surface area contributed by atoms with Crippen molar-refractivity contribution in [3.8, 4) is 11.5 Å². The first kappa shape index (κ1) is 18.8. The third-order valence-corrected chi connectivity index (χ3v) is 6.57. The fraction of sp³-hybridized carbons (Fsp3) is 0.333. The van der Waals surface area contributed by atoms with Gasteiger partial charge >= 0.3 is 0 Å². The van der Waals surface area contributed by atoms with Crippen LogP contribution in [0.1, 0.15) is 0 Å². The third kappa shape index (κ3) is 3.75. The Kier molecular flexibility index (Phi) is 5.60. The number of nitrogens with zero attached hydrogens (tertiary/aromatic N) is 2. The van der Waals surface area contributed by atoms with E-state index in [2.05, 4.69) is 4.90 Å². The lowest BCUT2D eigenvalue weighted by Crippen LogP contribution is -2.48. The molecule has 1 saturated heterocycles. The van der Waals surface area contributed by atoms with Crippen molar-refractivity contribution in [3.05, 3.63) is 47.5 Å². The molecule has 26 heavy (non-hydrogen) atoms. The Morgan fingerprint density at radius 3 is 2.08 bits per heavy atom. The Balaban J connectivity index is 1.74. The Bertz CT molecular complexity index is 863. The van der Waals surface area contributed by atoms with Crippen LogP contribution >= 0.6 is 11.6 Å². The summed E-state index contributed by atoms with van der Waals surface area (Å²) in [6, 6.07) is 12.2. The molecule has 140 valence electrons. The number of hydrogen-bond donors (Lipinski definition) is 0. The summed E-state index contributed by atoms with van der Waals surface area (Å²) in [5.41, 5.74) is 1.04. The van der Waals surface area contributed by atoms with Gasteiger partial charge in [-0.3, -0.25) is 0 Å². The lowest BCUT2D eigenvalue weighted by atomic mass is 10.2. The molecule has 1 aliphatic rings. The van der Waals surface area contributed by atoms with Gasteiger partial charge < -0.3 is 14.4 Å². The molecule has 2 aromatic rings. The topological polar surface area (TPSA) is 59.1 Å². The van der Waals surface area contributed by atoms with E-state index in [-0.39, 0.29) is 4.90 Å². The second kappa shape index (κ2) is 7.73. The van der Waals surface area contributed by atoms with Crippen molar-refractivity contribution < 1.29 is 17.9 Å². The molecule has 1 heterocycles. The lowest BCUT2D eigenvalue weighted by Gasteiger charge is -2.35. The summed E-state index contributed by atoms with van der Waals surface area (Å²) < 4.78 is 37.8.